The molecular weight excluding hydrogens is 287 g/mol. The van der Waals surface area contributed by atoms with Crippen LogP contribution in [0, 0.1) is 11.7 Å². The Hall–Kier alpha value is -1.96. The second-order valence-corrected chi connectivity index (χ2v) is 6.71. The van der Waals surface area contributed by atoms with Gasteiger partial charge in [-0.25, -0.2) is 12.8 Å². The smallest absolute Gasteiger partial charge is 0.227 e. The number of primary amides is 1. The monoisotopic (exact) mass is 300 g/mol. The van der Waals surface area contributed by atoms with Crippen LogP contribution >= 0.6 is 0 Å². The summed E-state index contributed by atoms with van der Waals surface area (Å²) in [6, 6.07) is 3.20. The highest BCUT2D eigenvalue weighted by molar-refractivity contribution is 7.90. The Labute approximate surface area is 115 Å². The second-order valence-electron chi connectivity index (χ2n) is 4.69. The Morgan fingerprint density at radius 3 is 2.60 bits per heavy atom. The van der Waals surface area contributed by atoms with E-state index in [1.54, 1.807) is 0 Å². The van der Waals surface area contributed by atoms with Gasteiger partial charge < -0.3 is 10.6 Å². The molecule has 1 aromatic rings. The largest absolute Gasteiger partial charge is 0.369 e. The van der Waals surface area contributed by atoms with Crippen molar-refractivity contribution in [2.75, 3.05) is 17.7 Å². The lowest BCUT2D eigenvalue weighted by Crippen LogP contribution is -2.29. The third kappa shape index (κ3) is 2.64. The number of sulfone groups is 1. The number of benzene rings is 1. The minimum atomic E-state index is -3.52. The van der Waals surface area contributed by atoms with E-state index in [9.17, 15) is 22.4 Å². The molecule has 2 rings (SSSR count). The molecule has 8 heteroatoms. The number of carbonyl (C=O) groups is 2. The maximum Gasteiger partial charge on any atom is 0.227 e. The summed E-state index contributed by atoms with van der Waals surface area (Å²) in [6.45, 7) is -0.0434. The van der Waals surface area contributed by atoms with Crippen LogP contribution in [0.5, 0.6) is 0 Å². The van der Waals surface area contributed by atoms with E-state index in [2.05, 4.69) is 0 Å². The van der Waals surface area contributed by atoms with Crippen molar-refractivity contribution in [3.05, 3.63) is 24.0 Å². The molecule has 1 fully saturated rings. The molecule has 0 radical (unpaired) electrons. The van der Waals surface area contributed by atoms with Gasteiger partial charge in [0.2, 0.25) is 11.8 Å². The lowest BCUT2D eigenvalue weighted by molar-refractivity contribution is -0.123. The lowest BCUT2D eigenvalue weighted by atomic mass is 10.1. The summed E-state index contributed by atoms with van der Waals surface area (Å²) in [5.74, 6) is -2.52. The summed E-state index contributed by atoms with van der Waals surface area (Å²) in [7, 11) is -3.52. The SMILES string of the molecule is CS(=O)(=O)c1ccc(F)c(N2CC(C(N)=O)CC2=O)c1. The predicted octanol–water partition coefficient (Wildman–Crippen LogP) is 0.0674. The molecule has 1 atom stereocenters. The fourth-order valence-electron chi connectivity index (χ4n) is 2.06. The summed E-state index contributed by atoms with van der Waals surface area (Å²) < 4.78 is 36.7. The first-order chi connectivity index (χ1) is 9.20. The Balaban J connectivity index is 2.43. The van der Waals surface area contributed by atoms with Crippen LogP contribution in [0.15, 0.2) is 23.1 Å². The number of hydrogen-bond acceptors (Lipinski definition) is 4. The van der Waals surface area contributed by atoms with Crippen molar-refractivity contribution in [2.45, 2.75) is 11.3 Å². The first-order valence-electron chi connectivity index (χ1n) is 5.79. The molecule has 1 aromatic carbocycles. The number of amides is 2. The molecule has 1 saturated heterocycles. The highest BCUT2D eigenvalue weighted by Crippen LogP contribution is 2.29. The number of carbonyl (C=O) groups excluding carboxylic acids is 2. The molecule has 108 valence electrons. The van der Waals surface area contributed by atoms with Gasteiger partial charge in [0.15, 0.2) is 9.84 Å². The minimum Gasteiger partial charge on any atom is -0.369 e. The number of anilines is 1. The van der Waals surface area contributed by atoms with Gasteiger partial charge in [-0.15, -0.1) is 0 Å². The summed E-state index contributed by atoms with van der Waals surface area (Å²) in [5, 5.41) is 0. The number of hydrogen-bond donors (Lipinski definition) is 1. The van der Waals surface area contributed by atoms with E-state index >= 15 is 0 Å². The quantitative estimate of drug-likeness (QED) is 0.799. The van der Waals surface area contributed by atoms with Crippen LogP contribution in [-0.4, -0.2) is 33.0 Å². The Bertz CT molecular complexity index is 687. The Kier molecular flexibility index (Phi) is 3.51. The number of rotatable bonds is 3. The minimum absolute atomic E-state index is 0.0434. The molecule has 2 amide bonds. The fourth-order valence-corrected chi connectivity index (χ4v) is 2.70. The standard InChI is InChI=1S/C12H13FN2O4S/c1-20(18,19)8-2-3-9(13)10(5-8)15-6-7(12(14)17)4-11(15)16/h2-3,5,7H,4,6H2,1H3,(H2,14,17). The van der Waals surface area contributed by atoms with Crippen molar-refractivity contribution in [1.29, 1.82) is 0 Å². The molecule has 1 aliphatic heterocycles. The van der Waals surface area contributed by atoms with Gasteiger partial charge in [0.1, 0.15) is 5.82 Å². The van der Waals surface area contributed by atoms with Gasteiger partial charge in [-0.05, 0) is 18.2 Å². The zero-order valence-corrected chi connectivity index (χ0v) is 11.5. The van der Waals surface area contributed by atoms with E-state index in [0.29, 0.717) is 0 Å². The topological polar surface area (TPSA) is 97.5 Å². The van der Waals surface area contributed by atoms with Crippen LogP contribution in [-0.2, 0) is 19.4 Å². The van der Waals surface area contributed by atoms with Gasteiger partial charge in [-0.1, -0.05) is 0 Å². The maximum atomic E-state index is 13.8. The molecule has 2 N–H and O–H groups in total. The average molecular weight is 300 g/mol. The van der Waals surface area contributed by atoms with Crippen LogP contribution in [0.1, 0.15) is 6.42 Å². The van der Waals surface area contributed by atoms with Crippen LogP contribution in [0.3, 0.4) is 0 Å². The van der Waals surface area contributed by atoms with Gasteiger partial charge >= 0.3 is 0 Å². The third-order valence-corrected chi connectivity index (χ3v) is 4.27. The van der Waals surface area contributed by atoms with E-state index < -0.39 is 33.4 Å². The molecule has 0 bridgehead atoms. The molecule has 0 aromatic heterocycles. The van der Waals surface area contributed by atoms with Crippen LogP contribution < -0.4 is 10.6 Å². The fraction of sp³-hybridized carbons (Fsp3) is 0.333. The van der Waals surface area contributed by atoms with Gasteiger partial charge in [0.25, 0.3) is 0 Å². The van der Waals surface area contributed by atoms with E-state index in [4.69, 9.17) is 5.73 Å². The molecule has 1 aliphatic rings. The summed E-state index contributed by atoms with van der Waals surface area (Å²) in [6.07, 6.45) is 0.889. The number of nitrogens with zero attached hydrogens (tertiary/aromatic N) is 1. The normalized spacial score (nSPS) is 19.4. The molecule has 0 aliphatic carbocycles. The van der Waals surface area contributed by atoms with E-state index in [1.807, 2.05) is 0 Å². The third-order valence-electron chi connectivity index (χ3n) is 3.16. The van der Waals surface area contributed by atoms with Crippen molar-refractivity contribution in [2.24, 2.45) is 11.7 Å². The molecule has 0 spiro atoms. The number of halogens is 1. The average Bonchev–Trinajstić information content (AvgIpc) is 2.70. The Morgan fingerprint density at radius 2 is 2.10 bits per heavy atom. The van der Waals surface area contributed by atoms with Crippen LogP contribution in [0.4, 0.5) is 10.1 Å². The number of nitrogens with two attached hydrogens (primary N) is 1. The van der Waals surface area contributed by atoms with Crippen molar-refractivity contribution in [3.63, 3.8) is 0 Å². The lowest BCUT2D eigenvalue weighted by Gasteiger charge is -2.17. The highest BCUT2D eigenvalue weighted by Gasteiger charge is 2.35. The summed E-state index contributed by atoms with van der Waals surface area (Å²) >= 11 is 0. The van der Waals surface area contributed by atoms with Gasteiger partial charge in [0, 0.05) is 19.2 Å². The molecule has 1 unspecified atom stereocenters. The van der Waals surface area contributed by atoms with Gasteiger partial charge in [0.05, 0.1) is 16.5 Å². The molecule has 20 heavy (non-hydrogen) atoms. The van der Waals surface area contributed by atoms with E-state index in [0.717, 1.165) is 29.4 Å². The molecule has 6 nitrogen and oxygen atoms in total. The molecular formula is C12H13FN2O4S. The zero-order valence-electron chi connectivity index (χ0n) is 10.7. The van der Waals surface area contributed by atoms with Crippen LogP contribution in [0.2, 0.25) is 0 Å². The molecule has 0 saturated carbocycles. The molecule has 1 heterocycles. The zero-order chi connectivity index (χ0) is 15.1. The highest BCUT2D eigenvalue weighted by atomic mass is 32.2. The van der Waals surface area contributed by atoms with Crippen molar-refractivity contribution in [1.82, 2.24) is 0 Å². The summed E-state index contributed by atoms with van der Waals surface area (Å²) in [4.78, 5) is 23.9. The van der Waals surface area contributed by atoms with Crippen molar-refractivity contribution < 1.29 is 22.4 Å². The second kappa shape index (κ2) is 4.86. The first kappa shape index (κ1) is 14.4. The summed E-state index contributed by atoms with van der Waals surface area (Å²) in [5.41, 5.74) is 4.98. The van der Waals surface area contributed by atoms with E-state index in [1.165, 1.54) is 0 Å². The maximum absolute atomic E-state index is 13.8. The predicted molar refractivity (Wildman–Crippen MR) is 69.2 cm³/mol. The van der Waals surface area contributed by atoms with Gasteiger partial charge in [-0.2, -0.15) is 0 Å². The Morgan fingerprint density at radius 1 is 1.45 bits per heavy atom. The van der Waals surface area contributed by atoms with Gasteiger partial charge in [-0.3, -0.25) is 9.59 Å². The first-order valence-corrected chi connectivity index (χ1v) is 7.68. The van der Waals surface area contributed by atoms with Crippen molar-refractivity contribution >= 4 is 27.3 Å². The van der Waals surface area contributed by atoms with Crippen molar-refractivity contribution in [3.8, 4) is 0 Å². The van der Waals surface area contributed by atoms with E-state index in [-0.39, 0.29) is 23.5 Å². The van der Waals surface area contributed by atoms with Crippen LogP contribution in [0.25, 0.3) is 0 Å².